The highest BCUT2D eigenvalue weighted by molar-refractivity contribution is 6.35. The van der Waals surface area contributed by atoms with Gasteiger partial charge in [-0.25, -0.2) is 0 Å². The minimum Gasteiger partial charge on any atom is -0.493 e. The third kappa shape index (κ3) is 6.16. The lowest BCUT2D eigenvalue weighted by atomic mass is 10.1. The van der Waals surface area contributed by atoms with Crippen molar-refractivity contribution in [3.05, 3.63) is 57.6 Å². The van der Waals surface area contributed by atoms with Gasteiger partial charge >= 0.3 is 0 Å². The molecule has 0 spiro atoms. The summed E-state index contributed by atoms with van der Waals surface area (Å²) in [7, 11) is 1.64. The van der Waals surface area contributed by atoms with Gasteiger partial charge in [0.05, 0.1) is 13.2 Å². The van der Waals surface area contributed by atoms with Crippen molar-refractivity contribution in [1.29, 1.82) is 0 Å². The molecular weight excluding hydrogens is 409 g/mol. The van der Waals surface area contributed by atoms with E-state index in [9.17, 15) is 0 Å². The van der Waals surface area contributed by atoms with Gasteiger partial charge in [-0.05, 0) is 31.0 Å². The molecule has 1 unspecified atom stereocenters. The van der Waals surface area contributed by atoms with E-state index in [-0.39, 0.29) is 12.4 Å². The van der Waals surface area contributed by atoms with Crippen LogP contribution in [0.4, 0.5) is 0 Å². The van der Waals surface area contributed by atoms with Gasteiger partial charge in [-0.2, -0.15) is 0 Å². The average molecular weight is 433 g/mol. The fraction of sp³-hybridized carbons (Fsp3) is 0.400. The second-order valence-electron chi connectivity index (χ2n) is 6.24. The van der Waals surface area contributed by atoms with Crippen molar-refractivity contribution in [3.63, 3.8) is 0 Å². The van der Waals surface area contributed by atoms with Gasteiger partial charge in [0.1, 0.15) is 6.61 Å². The molecule has 3 rings (SSSR count). The van der Waals surface area contributed by atoms with Gasteiger partial charge in [0, 0.05) is 40.9 Å². The topological polar surface area (TPSA) is 39.7 Å². The Kier molecular flexibility index (Phi) is 9.00. The molecule has 1 saturated heterocycles. The monoisotopic (exact) mass is 431 g/mol. The number of hydrogen-bond acceptors (Lipinski definition) is 4. The number of methoxy groups -OCH3 is 1. The number of halogens is 3. The molecule has 1 aliphatic heterocycles. The maximum absolute atomic E-state index is 6.24. The van der Waals surface area contributed by atoms with Crippen molar-refractivity contribution in [1.82, 2.24) is 5.32 Å². The minimum absolute atomic E-state index is 0. The molecule has 0 amide bonds. The third-order valence-corrected chi connectivity index (χ3v) is 4.97. The van der Waals surface area contributed by atoms with Gasteiger partial charge in [0.2, 0.25) is 0 Å². The van der Waals surface area contributed by atoms with Gasteiger partial charge < -0.3 is 19.5 Å². The maximum atomic E-state index is 6.24. The first-order valence-electron chi connectivity index (χ1n) is 8.72. The molecule has 1 fully saturated rings. The number of nitrogens with one attached hydrogen (secondary N) is 1. The van der Waals surface area contributed by atoms with E-state index >= 15 is 0 Å². The lowest BCUT2D eigenvalue weighted by molar-refractivity contribution is 0.110. The van der Waals surface area contributed by atoms with E-state index < -0.39 is 0 Å². The van der Waals surface area contributed by atoms with Crippen molar-refractivity contribution in [2.24, 2.45) is 0 Å². The van der Waals surface area contributed by atoms with E-state index in [1.807, 2.05) is 24.3 Å². The molecular formula is C20H24Cl3NO3. The number of hydrogen-bond donors (Lipinski definition) is 1. The third-order valence-electron chi connectivity index (χ3n) is 4.38. The molecule has 1 atom stereocenters. The van der Waals surface area contributed by atoms with Gasteiger partial charge in [0.15, 0.2) is 11.5 Å². The molecule has 1 aliphatic rings. The van der Waals surface area contributed by atoms with Crippen LogP contribution in [-0.4, -0.2) is 26.4 Å². The summed E-state index contributed by atoms with van der Waals surface area (Å²) < 4.78 is 17.2. The summed E-state index contributed by atoms with van der Waals surface area (Å²) >= 11 is 12.2. The van der Waals surface area contributed by atoms with Crippen LogP contribution in [0.25, 0.3) is 0 Å². The van der Waals surface area contributed by atoms with Gasteiger partial charge in [-0.3, -0.25) is 0 Å². The smallest absolute Gasteiger partial charge is 0.166 e. The van der Waals surface area contributed by atoms with E-state index in [2.05, 4.69) is 5.32 Å². The standard InChI is InChI=1S/C20H23Cl2NO3.ClH/c1-24-19-6-2-4-14(11-23-12-17-5-3-9-25-17)20(19)26-13-15-7-8-16(21)10-18(15)22;/h2,4,6-8,10,17,23H,3,5,9,11-13H2,1H3;1H. The van der Waals surface area contributed by atoms with Crippen LogP contribution in [0, 0.1) is 0 Å². The molecule has 0 aromatic heterocycles. The Morgan fingerprint density at radius 1 is 1.19 bits per heavy atom. The normalized spacial score (nSPS) is 16.0. The SMILES string of the molecule is COc1cccc(CNCC2CCCO2)c1OCc1ccc(Cl)cc1Cl.Cl. The highest BCUT2D eigenvalue weighted by Crippen LogP contribution is 2.32. The highest BCUT2D eigenvalue weighted by Gasteiger charge is 2.16. The number of para-hydroxylation sites is 1. The summed E-state index contributed by atoms with van der Waals surface area (Å²) in [6.07, 6.45) is 2.56. The van der Waals surface area contributed by atoms with E-state index in [1.165, 1.54) is 0 Å². The number of rotatable bonds is 8. The molecule has 148 valence electrons. The summed E-state index contributed by atoms with van der Waals surface area (Å²) in [5.41, 5.74) is 1.91. The van der Waals surface area contributed by atoms with Gasteiger partial charge in [0.25, 0.3) is 0 Å². The Labute approximate surface area is 176 Å². The Morgan fingerprint density at radius 3 is 2.74 bits per heavy atom. The Balaban J connectivity index is 0.00000261. The van der Waals surface area contributed by atoms with Crippen molar-refractivity contribution >= 4 is 35.6 Å². The second kappa shape index (κ2) is 11.0. The lowest BCUT2D eigenvalue weighted by Gasteiger charge is -2.17. The first-order chi connectivity index (χ1) is 12.7. The maximum Gasteiger partial charge on any atom is 0.166 e. The zero-order chi connectivity index (χ0) is 18.4. The molecule has 27 heavy (non-hydrogen) atoms. The summed E-state index contributed by atoms with van der Waals surface area (Å²) in [5, 5.41) is 4.64. The van der Waals surface area contributed by atoms with E-state index in [4.69, 9.17) is 37.4 Å². The van der Waals surface area contributed by atoms with Crippen LogP contribution in [0.5, 0.6) is 11.5 Å². The first-order valence-corrected chi connectivity index (χ1v) is 9.48. The summed E-state index contributed by atoms with van der Waals surface area (Å²) in [6, 6.07) is 11.3. The predicted molar refractivity (Wildman–Crippen MR) is 112 cm³/mol. The molecule has 0 radical (unpaired) electrons. The second-order valence-corrected chi connectivity index (χ2v) is 7.08. The minimum atomic E-state index is 0. The quantitative estimate of drug-likeness (QED) is 0.617. The largest absolute Gasteiger partial charge is 0.493 e. The van der Waals surface area contributed by atoms with Crippen LogP contribution in [-0.2, 0) is 17.9 Å². The van der Waals surface area contributed by atoms with Crippen molar-refractivity contribution < 1.29 is 14.2 Å². The van der Waals surface area contributed by atoms with Crippen LogP contribution in [0.2, 0.25) is 10.0 Å². The molecule has 0 bridgehead atoms. The summed E-state index contributed by atoms with van der Waals surface area (Å²) in [6.45, 7) is 2.72. The Morgan fingerprint density at radius 2 is 2.04 bits per heavy atom. The molecule has 1 heterocycles. The van der Waals surface area contributed by atoms with Crippen molar-refractivity contribution in [2.75, 3.05) is 20.3 Å². The zero-order valence-corrected chi connectivity index (χ0v) is 17.5. The molecule has 4 nitrogen and oxygen atoms in total. The van der Waals surface area contributed by atoms with Crippen LogP contribution >= 0.6 is 35.6 Å². The first kappa shape index (κ1) is 22.1. The van der Waals surface area contributed by atoms with Crippen molar-refractivity contribution in [2.45, 2.75) is 32.1 Å². The van der Waals surface area contributed by atoms with Crippen molar-refractivity contribution in [3.8, 4) is 11.5 Å². The van der Waals surface area contributed by atoms with Gasteiger partial charge in [-0.15, -0.1) is 12.4 Å². The zero-order valence-electron chi connectivity index (χ0n) is 15.2. The predicted octanol–water partition coefficient (Wildman–Crippen LogP) is 5.27. The summed E-state index contributed by atoms with van der Waals surface area (Å²) in [5.74, 6) is 1.42. The van der Waals surface area contributed by atoms with Crippen LogP contribution in [0.3, 0.4) is 0 Å². The highest BCUT2D eigenvalue weighted by atomic mass is 35.5. The van der Waals surface area contributed by atoms with Crippen LogP contribution in [0.1, 0.15) is 24.0 Å². The Bertz CT molecular complexity index is 736. The van der Waals surface area contributed by atoms with E-state index in [1.54, 1.807) is 19.2 Å². The molecule has 0 saturated carbocycles. The summed E-state index contributed by atoms with van der Waals surface area (Å²) in [4.78, 5) is 0. The fourth-order valence-electron chi connectivity index (χ4n) is 2.99. The van der Waals surface area contributed by atoms with Crippen LogP contribution in [0.15, 0.2) is 36.4 Å². The van der Waals surface area contributed by atoms with E-state index in [0.29, 0.717) is 35.1 Å². The van der Waals surface area contributed by atoms with E-state index in [0.717, 1.165) is 42.9 Å². The van der Waals surface area contributed by atoms with Crippen LogP contribution < -0.4 is 14.8 Å². The fourth-order valence-corrected chi connectivity index (χ4v) is 3.45. The molecule has 2 aromatic carbocycles. The lowest BCUT2D eigenvalue weighted by Crippen LogP contribution is -2.26. The Hall–Kier alpha value is -1.17. The number of benzene rings is 2. The molecule has 7 heteroatoms. The molecule has 2 aromatic rings. The molecule has 0 aliphatic carbocycles. The number of ether oxygens (including phenoxy) is 3. The molecule has 1 N–H and O–H groups in total. The average Bonchev–Trinajstić information content (AvgIpc) is 3.15. The van der Waals surface area contributed by atoms with Gasteiger partial charge in [-0.1, -0.05) is 41.4 Å².